The first kappa shape index (κ1) is 14.5. The molecule has 0 aliphatic heterocycles. The van der Waals surface area contributed by atoms with Crippen molar-refractivity contribution < 1.29 is 5.11 Å². The largest absolute Gasteiger partial charge is 0.377 e. The second-order valence-electron chi connectivity index (χ2n) is 4.35. The van der Waals surface area contributed by atoms with Gasteiger partial charge in [-0.1, -0.05) is 68.5 Å². The summed E-state index contributed by atoms with van der Waals surface area (Å²) in [7, 11) is 0. The Balaban J connectivity index is 2.27. The standard InChI is InChI=1S/C17H22O/c1-2-3-4-5-6-10-13-17(18)15-14-16-11-8-7-9-12-16/h7-9,11-12,14-15,17-18H,2-6H2,1H3/b15-14+/t17-/m0/s1. The van der Waals surface area contributed by atoms with Crippen molar-refractivity contribution in [2.45, 2.75) is 45.1 Å². The van der Waals surface area contributed by atoms with Crippen LogP contribution in [-0.4, -0.2) is 11.2 Å². The molecule has 1 aromatic carbocycles. The van der Waals surface area contributed by atoms with Crippen LogP contribution in [0.25, 0.3) is 6.08 Å². The molecule has 1 aromatic rings. The third-order valence-corrected chi connectivity index (χ3v) is 2.68. The normalized spacial score (nSPS) is 12.1. The minimum atomic E-state index is -0.656. The highest BCUT2D eigenvalue weighted by atomic mass is 16.3. The van der Waals surface area contributed by atoms with Crippen molar-refractivity contribution in [3.05, 3.63) is 42.0 Å². The minimum Gasteiger partial charge on any atom is -0.377 e. The molecule has 0 unspecified atom stereocenters. The van der Waals surface area contributed by atoms with Gasteiger partial charge >= 0.3 is 0 Å². The topological polar surface area (TPSA) is 20.2 Å². The van der Waals surface area contributed by atoms with Crippen LogP contribution < -0.4 is 0 Å². The van der Waals surface area contributed by atoms with E-state index in [9.17, 15) is 5.11 Å². The van der Waals surface area contributed by atoms with Crippen LogP contribution in [0, 0.1) is 11.8 Å². The molecule has 1 N–H and O–H groups in total. The second kappa shape index (κ2) is 9.50. The maximum atomic E-state index is 9.65. The lowest BCUT2D eigenvalue weighted by molar-refractivity contribution is 0.281. The van der Waals surface area contributed by atoms with Crippen molar-refractivity contribution in [1.29, 1.82) is 0 Å². The maximum Gasteiger partial charge on any atom is 0.133 e. The summed E-state index contributed by atoms with van der Waals surface area (Å²) in [5.74, 6) is 5.88. The van der Waals surface area contributed by atoms with E-state index in [1.807, 2.05) is 36.4 Å². The van der Waals surface area contributed by atoms with E-state index < -0.39 is 6.10 Å². The Morgan fingerprint density at radius 1 is 1.17 bits per heavy atom. The van der Waals surface area contributed by atoms with E-state index in [-0.39, 0.29) is 0 Å². The molecule has 1 nitrogen and oxygen atoms in total. The molecule has 0 aromatic heterocycles. The third-order valence-electron chi connectivity index (χ3n) is 2.68. The molecule has 0 aliphatic carbocycles. The van der Waals surface area contributed by atoms with E-state index in [1.165, 1.54) is 19.3 Å². The van der Waals surface area contributed by atoms with Crippen molar-refractivity contribution in [3.8, 4) is 11.8 Å². The molecule has 0 bridgehead atoms. The van der Waals surface area contributed by atoms with E-state index in [2.05, 4.69) is 18.8 Å². The van der Waals surface area contributed by atoms with Gasteiger partial charge in [0, 0.05) is 6.42 Å². The second-order valence-corrected chi connectivity index (χ2v) is 4.35. The molecule has 1 atom stereocenters. The van der Waals surface area contributed by atoms with Crippen LogP contribution in [0.1, 0.15) is 44.6 Å². The Bertz CT molecular complexity index is 395. The quantitative estimate of drug-likeness (QED) is 0.589. The molecule has 0 heterocycles. The molecule has 0 saturated heterocycles. The molecule has 18 heavy (non-hydrogen) atoms. The Labute approximate surface area is 111 Å². The van der Waals surface area contributed by atoms with E-state index >= 15 is 0 Å². The Hall–Kier alpha value is -1.52. The molecule has 0 amide bonds. The fraction of sp³-hybridized carbons (Fsp3) is 0.412. The highest BCUT2D eigenvalue weighted by Crippen LogP contribution is 2.03. The predicted octanol–water partition coefficient (Wildman–Crippen LogP) is 4.03. The zero-order valence-corrected chi connectivity index (χ0v) is 11.1. The van der Waals surface area contributed by atoms with Gasteiger partial charge in [0.15, 0.2) is 0 Å². The van der Waals surface area contributed by atoms with Gasteiger partial charge in [0.2, 0.25) is 0 Å². The SMILES string of the molecule is CCCCCCC#C[C@H](O)/C=C/c1ccccc1. The lowest BCUT2D eigenvalue weighted by Gasteiger charge is -1.95. The summed E-state index contributed by atoms with van der Waals surface area (Å²) in [5, 5.41) is 9.65. The zero-order chi connectivity index (χ0) is 13.1. The summed E-state index contributed by atoms with van der Waals surface area (Å²) in [6.45, 7) is 2.20. The van der Waals surface area contributed by atoms with Gasteiger partial charge in [-0.25, -0.2) is 0 Å². The molecular formula is C17H22O. The fourth-order valence-corrected chi connectivity index (χ4v) is 1.63. The van der Waals surface area contributed by atoms with Crippen LogP contribution in [0.2, 0.25) is 0 Å². The summed E-state index contributed by atoms with van der Waals surface area (Å²) in [4.78, 5) is 0. The number of unbranched alkanes of at least 4 members (excludes halogenated alkanes) is 4. The van der Waals surface area contributed by atoms with E-state index in [1.54, 1.807) is 6.08 Å². The van der Waals surface area contributed by atoms with E-state index in [0.29, 0.717) is 0 Å². The highest BCUT2D eigenvalue weighted by molar-refractivity contribution is 5.50. The van der Waals surface area contributed by atoms with Crippen LogP contribution in [0.15, 0.2) is 36.4 Å². The molecule has 0 saturated carbocycles. The zero-order valence-electron chi connectivity index (χ0n) is 11.1. The molecule has 0 radical (unpaired) electrons. The van der Waals surface area contributed by atoms with Crippen molar-refractivity contribution in [3.63, 3.8) is 0 Å². The summed E-state index contributed by atoms with van der Waals surface area (Å²) in [6, 6.07) is 9.93. The number of aliphatic hydroxyl groups is 1. The Morgan fingerprint density at radius 3 is 2.67 bits per heavy atom. The summed E-state index contributed by atoms with van der Waals surface area (Å²) < 4.78 is 0. The molecule has 96 valence electrons. The van der Waals surface area contributed by atoms with Crippen molar-refractivity contribution in [2.24, 2.45) is 0 Å². The van der Waals surface area contributed by atoms with E-state index in [4.69, 9.17) is 0 Å². The van der Waals surface area contributed by atoms with Gasteiger partial charge in [0.1, 0.15) is 6.10 Å². The van der Waals surface area contributed by atoms with E-state index in [0.717, 1.165) is 18.4 Å². The van der Waals surface area contributed by atoms with Gasteiger partial charge < -0.3 is 5.11 Å². The fourth-order valence-electron chi connectivity index (χ4n) is 1.63. The molecule has 0 fully saturated rings. The van der Waals surface area contributed by atoms with Crippen LogP contribution >= 0.6 is 0 Å². The van der Waals surface area contributed by atoms with Gasteiger partial charge in [0.05, 0.1) is 0 Å². The number of rotatable bonds is 6. The predicted molar refractivity (Wildman–Crippen MR) is 78.0 cm³/mol. The lowest BCUT2D eigenvalue weighted by Crippen LogP contribution is -1.96. The van der Waals surface area contributed by atoms with Crippen LogP contribution in [-0.2, 0) is 0 Å². The van der Waals surface area contributed by atoms with Gasteiger partial charge in [-0.05, 0) is 18.1 Å². The van der Waals surface area contributed by atoms with Crippen LogP contribution in [0.4, 0.5) is 0 Å². The maximum absolute atomic E-state index is 9.65. The third kappa shape index (κ3) is 6.93. The number of hydrogen-bond acceptors (Lipinski definition) is 1. The first-order valence-corrected chi connectivity index (χ1v) is 6.72. The number of hydrogen-bond donors (Lipinski definition) is 1. The van der Waals surface area contributed by atoms with Gasteiger partial charge in [0.25, 0.3) is 0 Å². The monoisotopic (exact) mass is 242 g/mol. The van der Waals surface area contributed by atoms with Gasteiger partial charge in [-0.15, -0.1) is 5.92 Å². The minimum absolute atomic E-state index is 0.656. The average Bonchev–Trinajstić information content (AvgIpc) is 2.41. The summed E-state index contributed by atoms with van der Waals surface area (Å²) in [5.41, 5.74) is 1.08. The Morgan fingerprint density at radius 2 is 1.94 bits per heavy atom. The number of aliphatic hydroxyl groups excluding tert-OH is 1. The highest BCUT2D eigenvalue weighted by Gasteiger charge is 1.91. The van der Waals surface area contributed by atoms with Crippen molar-refractivity contribution in [1.82, 2.24) is 0 Å². The molecule has 0 aliphatic rings. The summed E-state index contributed by atoms with van der Waals surface area (Å²) in [6.07, 6.45) is 8.75. The summed E-state index contributed by atoms with van der Waals surface area (Å²) >= 11 is 0. The first-order valence-electron chi connectivity index (χ1n) is 6.72. The van der Waals surface area contributed by atoms with Gasteiger partial charge in [-0.2, -0.15) is 0 Å². The average molecular weight is 242 g/mol. The van der Waals surface area contributed by atoms with Crippen molar-refractivity contribution >= 4 is 6.08 Å². The van der Waals surface area contributed by atoms with Gasteiger partial charge in [-0.3, -0.25) is 0 Å². The molecule has 1 rings (SSSR count). The Kier molecular flexibility index (Phi) is 7.68. The van der Waals surface area contributed by atoms with Crippen LogP contribution in [0.5, 0.6) is 0 Å². The molecular weight excluding hydrogens is 220 g/mol. The molecule has 0 spiro atoms. The lowest BCUT2D eigenvalue weighted by atomic mass is 10.1. The number of benzene rings is 1. The van der Waals surface area contributed by atoms with Crippen molar-refractivity contribution in [2.75, 3.05) is 0 Å². The van der Waals surface area contributed by atoms with Crippen LogP contribution in [0.3, 0.4) is 0 Å². The molecule has 1 heteroatoms. The smallest absolute Gasteiger partial charge is 0.133 e. The first-order chi connectivity index (χ1) is 8.83.